The van der Waals surface area contributed by atoms with Crippen molar-refractivity contribution >= 4 is 40.6 Å². The number of carbonyl (C=O) groups is 2. The first-order valence-corrected chi connectivity index (χ1v) is 9.26. The Morgan fingerprint density at radius 2 is 2.00 bits per heavy atom. The third-order valence-corrected chi connectivity index (χ3v) is 4.68. The molecule has 0 spiro atoms. The van der Waals surface area contributed by atoms with E-state index in [4.69, 9.17) is 19.3 Å². The summed E-state index contributed by atoms with van der Waals surface area (Å²) < 4.78 is 15.6. The van der Waals surface area contributed by atoms with Gasteiger partial charge in [-0.05, 0) is 47.7 Å². The van der Waals surface area contributed by atoms with Crippen molar-refractivity contribution in [2.24, 2.45) is 4.99 Å². The Morgan fingerprint density at radius 1 is 1.17 bits per heavy atom. The van der Waals surface area contributed by atoms with Gasteiger partial charge in [0.1, 0.15) is 5.75 Å². The third-order valence-electron chi connectivity index (χ3n) is 3.77. The van der Waals surface area contributed by atoms with Crippen molar-refractivity contribution in [3.8, 4) is 17.2 Å². The van der Waals surface area contributed by atoms with Crippen LogP contribution in [0.5, 0.6) is 17.2 Å². The molecule has 2 aromatic carbocycles. The van der Waals surface area contributed by atoms with E-state index in [1.54, 1.807) is 37.5 Å². The van der Waals surface area contributed by atoms with Crippen LogP contribution in [0.25, 0.3) is 6.08 Å². The van der Waals surface area contributed by atoms with E-state index in [0.717, 1.165) is 0 Å². The summed E-state index contributed by atoms with van der Waals surface area (Å²) in [7, 11) is 3.03. The molecule has 1 aliphatic rings. The van der Waals surface area contributed by atoms with E-state index in [1.165, 1.54) is 18.9 Å². The zero-order valence-electron chi connectivity index (χ0n) is 15.7. The number of benzene rings is 2. The summed E-state index contributed by atoms with van der Waals surface area (Å²) in [5.41, 5.74) is 1.36. The molecule has 0 aliphatic carbocycles. The molecule has 2 N–H and O–H groups in total. The van der Waals surface area contributed by atoms with Gasteiger partial charge >= 0.3 is 5.97 Å². The van der Waals surface area contributed by atoms with Gasteiger partial charge in [0.25, 0.3) is 5.91 Å². The van der Waals surface area contributed by atoms with Gasteiger partial charge in [0.2, 0.25) is 0 Å². The van der Waals surface area contributed by atoms with E-state index in [-0.39, 0.29) is 5.91 Å². The Labute approximate surface area is 171 Å². The number of amidine groups is 1. The summed E-state index contributed by atoms with van der Waals surface area (Å²) in [6, 6.07) is 12.2. The molecule has 1 saturated heterocycles. The summed E-state index contributed by atoms with van der Waals surface area (Å²) in [5, 5.41) is 11.9. The minimum Gasteiger partial charge on any atom is -0.497 e. The molecule has 0 atom stereocenters. The topological polar surface area (TPSA) is 106 Å². The van der Waals surface area contributed by atoms with Crippen LogP contribution in [0, 0.1) is 0 Å². The van der Waals surface area contributed by atoms with E-state index in [0.29, 0.717) is 38.6 Å². The lowest BCUT2D eigenvalue weighted by Gasteiger charge is -2.09. The Bertz CT molecular complexity index is 1000. The van der Waals surface area contributed by atoms with E-state index < -0.39 is 12.6 Å². The first kappa shape index (κ1) is 20.3. The first-order valence-electron chi connectivity index (χ1n) is 8.45. The van der Waals surface area contributed by atoms with Gasteiger partial charge < -0.3 is 24.6 Å². The first-order chi connectivity index (χ1) is 14.0. The lowest BCUT2D eigenvalue weighted by molar-refractivity contribution is -0.139. The fourth-order valence-corrected chi connectivity index (χ4v) is 3.30. The number of thioether (sulfide) groups is 1. The molecule has 0 aromatic heterocycles. The standard InChI is InChI=1S/C20H18N2O6S/c1-26-14-5-3-4-13(10-14)21-20-22-19(25)17(29-20)9-12-6-7-15(16(8-12)27-2)28-11-18(23)24/h3-10H,11H2,1-2H3,(H,23,24)(H,21,22,25)/b17-9+. The van der Waals surface area contributed by atoms with Crippen molar-refractivity contribution in [3.05, 3.63) is 52.9 Å². The number of rotatable bonds is 7. The number of hydrogen-bond donors (Lipinski definition) is 2. The molecule has 1 heterocycles. The highest BCUT2D eigenvalue weighted by molar-refractivity contribution is 8.18. The molecule has 0 unspecified atom stereocenters. The van der Waals surface area contributed by atoms with Gasteiger partial charge in [-0.3, -0.25) is 4.79 Å². The molecule has 0 radical (unpaired) electrons. The second-order valence-electron chi connectivity index (χ2n) is 5.78. The molecule has 1 amide bonds. The number of nitrogens with one attached hydrogen (secondary N) is 1. The second kappa shape index (κ2) is 9.16. The number of carboxylic acids is 1. The highest BCUT2D eigenvalue weighted by Crippen LogP contribution is 2.32. The van der Waals surface area contributed by atoms with Crippen molar-refractivity contribution in [2.75, 3.05) is 20.8 Å². The fraction of sp³-hybridized carbons (Fsp3) is 0.150. The van der Waals surface area contributed by atoms with Crippen LogP contribution >= 0.6 is 11.8 Å². The average Bonchev–Trinajstić information content (AvgIpc) is 3.05. The van der Waals surface area contributed by atoms with Crippen molar-refractivity contribution in [2.45, 2.75) is 0 Å². The van der Waals surface area contributed by atoms with E-state index in [2.05, 4.69) is 10.3 Å². The molecule has 2 aromatic rings. The monoisotopic (exact) mass is 414 g/mol. The Balaban J connectivity index is 1.79. The summed E-state index contributed by atoms with van der Waals surface area (Å²) in [6.45, 7) is -0.473. The Morgan fingerprint density at radius 3 is 2.72 bits per heavy atom. The average molecular weight is 414 g/mol. The molecule has 3 rings (SSSR count). The van der Waals surface area contributed by atoms with Crippen LogP contribution in [0.2, 0.25) is 0 Å². The summed E-state index contributed by atoms with van der Waals surface area (Å²) in [6.07, 6.45) is 1.69. The minimum atomic E-state index is -1.08. The lowest BCUT2D eigenvalue weighted by Crippen LogP contribution is -2.19. The number of amides is 1. The summed E-state index contributed by atoms with van der Waals surface area (Å²) >= 11 is 1.21. The molecular formula is C20H18N2O6S. The fourth-order valence-electron chi connectivity index (χ4n) is 2.46. The zero-order valence-corrected chi connectivity index (χ0v) is 16.5. The molecule has 0 bridgehead atoms. The SMILES string of the molecule is COc1cccc(N=C2NC(=O)/C(=C\c3ccc(OCC(=O)O)c(OC)c3)S2)c1. The maximum atomic E-state index is 12.3. The van der Waals surface area contributed by atoms with Gasteiger partial charge in [-0.25, -0.2) is 9.79 Å². The van der Waals surface area contributed by atoms with E-state index >= 15 is 0 Å². The van der Waals surface area contributed by atoms with Gasteiger partial charge in [0.05, 0.1) is 24.8 Å². The maximum absolute atomic E-state index is 12.3. The van der Waals surface area contributed by atoms with Crippen LogP contribution in [0.3, 0.4) is 0 Å². The molecular weight excluding hydrogens is 396 g/mol. The van der Waals surface area contributed by atoms with Gasteiger partial charge in [-0.15, -0.1) is 0 Å². The van der Waals surface area contributed by atoms with Crippen LogP contribution in [-0.2, 0) is 9.59 Å². The van der Waals surface area contributed by atoms with Crippen molar-refractivity contribution in [3.63, 3.8) is 0 Å². The number of nitrogens with zero attached hydrogens (tertiary/aromatic N) is 1. The number of methoxy groups -OCH3 is 2. The molecule has 0 saturated carbocycles. The third kappa shape index (κ3) is 5.29. The number of hydrogen-bond acceptors (Lipinski definition) is 7. The molecule has 1 aliphatic heterocycles. The minimum absolute atomic E-state index is 0.262. The zero-order chi connectivity index (χ0) is 20.8. The van der Waals surface area contributed by atoms with Gasteiger partial charge in [-0.2, -0.15) is 0 Å². The highest BCUT2D eigenvalue weighted by atomic mass is 32.2. The molecule has 29 heavy (non-hydrogen) atoms. The molecule has 8 nitrogen and oxygen atoms in total. The second-order valence-corrected chi connectivity index (χ2v) is 6.81. The van der Waals surface area contributed by atoms with Crippen molar-refractivity contribution < 1.29 is 28.9 Å². The summed E-state index contributed by atoms with van der Waals surface area (Å²) in [4.78, 5) is 27.8. The van der Waals surface area contributed by atoms with Crippen LogP contribution in [0.1, 0.15) is 5.56 Å². The quantitative estimate of drug-likeness (QED) is 0.671. The Hall–Kier alpha value is -3.46. The number of aliphatic imine (C=N–C) groups is 1. The molecule has 1 fully saturated rings. The molecule has 9 heteroatoms. The van der Waals surface area contributed by atoms with E-state index in [9.17, 15) is 9.59 Å². The van der Waals surface area contributed by atoms with E-state index in [1.807, 2.05) is 18.2 Å². The van der Waals surface area contributed by atoms with Crippen molar-refractivity contribution in [1.29, 1.82) is 0 Å². The number of ether oxygens (including phenoxy) is 3. The Kier molecular flexibility index (Phi) is 6.40. The highest BCUT2D eigenvalue weighted by Gasteiger charge is 2.24. The van der Waals surface area contributed by atoms with Gasteiger partial charge in [0.15, 0.2) is 23.3 Å². The number of aliphatic carboxylic acids is 1. The normalized spacial score (nSPS) is 16.0. The number of carbonyl (C=O) groups excluding carboxylic acids is 1. The van der Waals surface area contributed by atoms with Crippen molar-refractivity contribution in [1.82, 2.24) is 5.32 Å². The van der Waals surface area contributed by atoms with Gasteiger partial charge in [0, 0.05) is 6.07 Å². The van der Waals surface area contributed by atoms with Crippen LogP contribution in [0.15, 0.2) is 52.4 Å². The summed E-state index contributed by atoms with van der Waals surface area (Å²) in [5.74, 6) is 0.00585. The van der Waals surface area contributed by atoms with Crippen LogP contribution < -0.4 is 19.5 Å². The lowest BCUT2D eigenvalue weighted by atomic mass is 10.2. The van der Waals surface area contributed by atoms with Gasteiger partial charge in [-0.1, -0.05) is 12.1 Å². The smallest absolute Gasteiger partial charge is 0.341 e. The maximum Gasteiger partial charge on any atom is 0.341 e. The van der Waals surface area contributed by atoms with Crippen LogP contribution in [0.4, 0.5) is 5.69 Å². The molecule has 150 valence electrons. The largest absolute Gasteiger partial charge is 0.497 e. The van der Waals surface area contributed by atoms with Crippen LogP contribution in [-0.4, -0.2) is 43.0 Å². The number of carboxylic acid groups (broad SMARTS) is 1. The predicted octanol–water partition coefficient (Wildman–Crippen LogP) is 3.06. The predicted molar refractivity (Wildman–Crippen MR) is 110 cm³/mol.